The summed E-state index contributed by atoms with van der Waals surface area (Å²) >= 11 is 0. The highest BCUT2D eigenvalue weighted by molar-refractivity contribution is 5.75. The van der Waals surface area contributed by atoms with Crippen molar-refractivity contribution in [2.24, 2.45) is 0 Å². The van der Waals surface area contributed by atoms with Gasteiger partial charge in [0.25, 0.3) is 0 Å². The molecule has 0 unspecified atom stereocenters. The number of nitrogens with one attached hydrogen (secondary N) is 2. The smallest absolute Gasteiger partial charge is 0.130 e. The average Bonchev–Trinajstić information content (AvgIpc) is 2.85. The number of piperidine rings is 1. The van der Waals surface area contributed by atoms with E-state index >= 15 is 0 Å². The van der Waals surface area contributed by atoms with Gasteiger partial charge in [-0.25, -0.2) is 9.97 Å². The van der Waals surface area contributed by atoms with E-state index < -0.39 is 0 Å². The molecular formula is C28H35N5. The van der Waals surface area contributed by atoms with Crippen molar-refractivity contribution < 1.29 is 0 Å². The molecule has 0 amide bonds. The van der Waals surface area contributed by atoms with Crippen LogP contribution in [0.15, 0.2) is 73.6 Å². The van der Waals surface area contributed by atoms with Crippen LogP contribution in [0.1, 0.15) is 32.3 Å². The minimum absolute atomic E-state index is 0.591. The van der Waals surface area contributed by atoms with Crippen LogP contribution in [0.4, 0.5) is 11.6 Å². The molecule has 0 atom stereocenters. The number of hydrogen-bond acceptors (Lipinski definition) is 5. The zero-order chi connectivity index (χ0) is 23.8. The number of pyridine rings is 2. The third-order valence-corrected chi connectivity index (χ3v) is 6.11. The third kappa shape index (κ3) is 6.08. The van der Waals surface area contributed by atoms with Gasteiger partial charge in [0.15, 0.2) is 0 Å². The minimum Gasteiger partial charge on any atom is -0.356 e. The Hall–Kier alpha value is -3.44. The second kappa shape index (κ2) is 11.4. The molecule has 1 fully saturated rings. The summed E-state index contributed by atoms with van der Waals surface area (Å²) in [7, 11) is 2.03. The van der Waals surface area contributed by atoms with E-state index in [0.29, 0.717) is 6.04 Å². The van der Waals surface area contributed by atoms with Gasteiger partial charge in [-0.15, -0.1) is 0 Å². The monoisotopic (exact) mass is 441 g/mol. The SMILES string of the molecule is C=C/C(=C\C)C(=C)/C=c1/cc(NC(=C)c2ccnc(N3CCC(NC)CC3)c2)nc/c1=C/C. The first-order chi connectivity index (χ1) is 16.0. The van der Waals surface area contributed by atoms with Gasteiger partial charge in [0.1, 0.15) is 11.6 Å². The molecule has 3 heterocycles. The van der Waals surface area contributed by atoms with E-state index in [9.17, 15) is 0 Å². The number of rotatable bonds is 8. The molecule has 0 saturated carbocycles. The maximum absolute atomic E-state index is 4.59. The van der Waals surface area contributed by atoms with Gasteiger partial charge in [0, 0.05) is 42.8 Å². The largest absolute Gasteiger partial charge is 0.356 e. The normalized spacial score (nSPS) is 16.1. The lowest BCUT2D eigenvalue weighted by molar-refractivity contribution is 0.441. The fourth-order valence-corrected chi connectivity index (χ4v) is 4.02. The van der Waals surface area contributed by atoms with Crippen molar-refractivity contribution in [1.82, 2.24) is 15.3 Å². The Labute approximate surface area is 197 Å². The molecule has 0 bridgehead atoms. The minimum atomic E-state index is 0.591. The van der Waals surface area contributed by atoms with Gasteiger partial charge in [-0.3, -0.25) is 0 Å². The third-order valence-electron chi connectivity index (χ3n) is 6.11. The average molecular weight is 442 g/mol. The summed E-state index contributed by atoms with van der Waals surface area (Å²) in [5.41, 5.74) is 3.71. The maximum Gasteiger partial charge on any atom is 0.130 e. The van der Waals surface area contributed by atoms with E-state index in [1.807, 2.05) is 63.6 Å². The Morgan fingerprint density at radius 3 is 2.52 bits per heavy atom. The standard InChI is InChI=1S/C28H35N5/c1-7-22(8-2)20(4)16-25-17-27(31-19-23(25)9-3)32-21(5)24-10-13-30-28(18-24)33-14-11-26(29-6)12-15-33/h7-10,13,16-19,26,29,32H,1,4-5,11-12,14-15H2,2-3,6H3/b22-8+,23-9-,25-16-. The molecule has 1 saturated heterocycles. The van der Waals surface area contributed by atoms with Crippen LogP contribution >= 0.6 is 0 Å². The predicted octanol–water partition coefficient (Wildman–Crippen LogP) is 4.02. The zero-order valence-electron chi connectivity index (χ0n) is 20.1. The Bertz CT molecular complexity index is 1170. The van der Waals surface area contributed by atoms with Crippen LogP contribution in [0, 0.1) is 0 Å². The van der Waals surface area contributed by atoms with E-state index in [4.69, 9.17) is 0 Å². The highest BCUT2D eigenvalue weighted by atomic mass is 15.2. The summed E-state index contributed by atoms with van der Waals surface area (Å²) in [5.74, 6) is 1.72. The molecule has 33 heavy (non-hydrogen) atoms. The van der Waals surface area contributed by atoms with Gasteiger partial charge in [-0.05, 0) is 79.6 Å². The Morgan fingerprint density at radius 1 is 1.12 bits per heavy atom. The fraction of sp³-hybridized carbons (Fsp3) is 0.286. The van der Waals surface area contributed by atoms with Gasteiger partial charge in [0.2, 0.25) is 0 Å². The second-order valence-electron chi connectivity index (χ2n) is 8.16. The molecular weight excluding hydrogens is 406 g/mol. The number of nitrogens with zero attached hydrogens (tertiary/aromatic N) is 3. The van der Waals surface area contributed by atoms with Gasteiger partial charge in [0.05, 0.1) is 0 Å². The first-order valence-electron chi connectivity index (χ1n) is 11.5. The van der Waals surface area contributed by atoms with Crippen LogP contribution in [-0.2, 0) is 0 Å². The molecule has 2 aromatic rings. The van der Waals surface area contributed by atoms with Crippen molar-refractivity contribution in [2.75, 3.05) is 30.4 Å². The van der Waals surface area contributed by atoms with Crippen molar-refractivity contribution in [3.63, 3.8) is 0 Å². The molecule has 0 radical (unpaired) electrons. The van der Waals surface area contributed by atoms with E-state index in [1.54, 1.807) is 0 Å². The van der Waals surface area contributed by atoms with Crippen LogP contribution < -0.4 is 26.0 Å². The Balaban J connectivity index is 1.81. The summed E-state index contributed by atoms with van der Waals surface area (Å²) in [6, 6.07) is 6.69. The van der Waals surface area contributed by atoms with Crippen LogP contribution in [0.5, 0.6) is 0 Å². The lowest BCUT2D eigenvalue weighted by Gasteiger charge is -2.32. The predicted molar refractivity (Wildman–Crippen MR) is 142 cm³/mol. The van der Waals surface area contributed by atoms with Crippen LogP contribution in [0.25, 0.3) is 17.8 Å². The van der Waals surface area contributed by atoms with E-state index in [2.05, 4.69) is 57.4 Å². The number of allylic oxidation sites excluding steroid dienone is 4. The summed E-state index contributed by atoms with van der Waals surface area (Å²) < 4.78 is 0. The molecule has 0 spiro atoms. The Morgan fingerprint density at radius 2 is 1.88 bits per heavy atom. The fourth-order valence-electron chi connectivity index (χ4n) is 4.02. The molecule has 0 aliphatic carbocycles. The van der Waals surface area contributed by atoms with Crippen molar-refractivity contribution in [3.05, 3.63) is 89.6 Å². The summed E-state index contributed by atoms with van der Waals surface area (Å²) in [6.45, 7) is 18.3. The lowest BCUT2D eigenvalue weighted by Crippen LogP contribution is -2.41. The van der Waals surface area contributed by atoms with Crippen LogP contribution in [-0.4, -0.2) is 36.1 Å². The Kier molecular flexibility index (Phi) is 8.39. The quantitative estimate of drug-likeness (QED) is 0.606. The van der Waals surface area contributed by atoms with Crippen molar-refractivity contribution in [1.29, 1.82) is 0 Å². The molecule has 5 nitrogen and oxygen atoms in total. The van der Waals surface area contributed by atoms with Gasteiger partial charge in [-0.1, -0.05) is 38.0 Å². The topological polar surface area (TPSA) is 53.1 Å². The van der Waals surface area contributed by atoms with Crippen molar-refractivity contribution >= 4 is 29.5 Å². The van der Waals surface area contributed by atoms with Crippen LogP contribution in [0.3, 0.4) is 0 Å². The zero-order valence-corrected chi connectivity index (χ0v) is 20.1. The highest BCUT2D eigenvalue weighted by Gasteiger charge is 2.19. The van der Waals surface area contributed by atoms with E-state index in [-0.39, 0.29) is 0 Å². The molecule has 5 heteroatoms. The maximum atomic E-state index is 4.59. The molecule has 1 aliphatic heterocycles. The summed E-state index contributed by atoms with van der Waals surface area (Å²) in [6.07, 6.45) is 13.9. The second-order valence-corrected chi connectivity index (χ2v) is 8.16. The first kappa shape index (κ1) is 24.2. The van der Waals surface area contributed by atoms with E-state index in [1.165, 1.54) is 0 Å². The molecule has 0 aromatic carbocycles. The van der Waals surface area contributed by atoms with E-state index in [0.717, 1.165) is 70.4 Å². The molecule has 172 valence electrons. The molecule has 2 aromatic heterocycles. The molecule has 3 rings (SSSR count). The van der Waals surface area contributed by atoms with Crippen LogP contribution in [0.2, 0.25) is 0 Å². The molecule has 1 aliphatic rings. The highest BCUT2D eigenvalue weighted by Crippen LogP contribution is 2.22. The first-order valence-corrected chi connectivity index (χ1v) is 11.5. The number of hydrogen-bond donors (Lipinski definition) is 2. The summed E-state index contributed by atoms with van der Waals surface area (Å²) in [4.78, 5) is 11.5. The van der Waals surface area contributed by atoms with Gasteiger partial charge in [-0.2, -0.15) is 0 Å². The van der Waals surface area contributed by atoms with Crippen molar-refractivity contribution in [3.8, 4) is 0 Å². The number of anilines is 2. The van der Waals surface area contributed by atoms with Gasteiger partial charge < -0.3 is 15.5 Å². The van der Waals surface area contributed by atoms with Gasteiger partial charge >= 0.3 is 0 Å². The van der Waals surface area contributed by atoms with Crippen molar-refractivity contribution in [2.45, 2.75) is 32.7 Å². The molecule has 2 N–H and O–H groups in total. The number of aromatic nitrogens is 2. The summed E-state index contributed by atoms with van der Waals surface area (Å²) in [5, 5.41) is 8.82. The lowest BCUT2D eigenvalue weighted by atomic mass is 10.1.